The van der Waals surface area contributed by atoms with Crippen LogP contribution < -0.4 is 15.4 Å². The minimum Gasteiger partial charge on any atom is -0.457 e. The van der Waals surface area contributed by atoms with Crippen molar-refractivity contribution >= 4 is 16.5 Å². The Balaban J connectivity index is 0.923. The van der Waals surface area contributed by atoms with Gasteiger partial charge in [0.25, 0.3) is 0 Å². The lowest BCUT2D eigenvalue weighted by atomic mass is 9.79. The van der Waals surface area contributed by atoms with Gasteiger partial charge in [0, 0.05) is 16.5 Å². The minimum atomic E-state index is -0.157. The number of hydrogen-bond acceptors (Lipinski definition) is 3. The third-order valence-electron chi connectivity index (χ3n) is 12.1. The quantitative estimate of drug-likeness (QED) is 0.186. The van der Waals surface area contributed by atoms with Gasteiger partial charge in [0.2, 0.25) is 0 Å². The van der Waals surface area contributed by atoms with E-state index in [9.17, 15) is 0 Å². The molecule has 2 unspecified atom stereocenters. The van der Waals surface area contributed by atoms with Crippen molar-refractivity contribution in [2.45, 2.75) is 31.5 Å². The molecule has 1 aliphatic carbocycles. The third kappa shape index (κ3) is 5.16. The van der Waals surface area contributed by atoms with E-state index in [1.54, 1.807) is 0 Å². The van der Waals surface area contributed by atoms with Crippen molar-refractivity contribution in [1.29, 1.82) is 0 Å². The zero-order chi connectivity index (χ0) is 37.4. The molecule has 268 valence electrons. The van der Waals surface area contributed by atoms with Crippen LogP contribution in [-0.4, -0.2) is 0 Å². The molecule has 56 heavy (non-hydrogen) atoms. The van der Waals surface area contributed by atoms with Crippen molar-refractivity contribution in [3.8, 4) is 50.3 Å². The van der Waals surface area contributed by atoms with Crippen LogP contribution in [0.4, 0.5) is 0 Å². The highest BCUT2D eigenvalue weighted by atomic mass is 16.5. The molecule has 2 N–H and O–H groups in total. The van der Waals surface area contributed by atoms with E-state index < -0.39 is 0 Å². The van der Waals surface area contributed by atoms with Crippen LogP contribution in [0.1, 0.15) is 53.9 Å². The minimum absolute atomic E-state index is 0.0377. The van der Waals surface area contributed by atoms with E-state index in [1.807, 2.05) is 6.07 Å². The first-order chi connectivity index (χ1) is 27.5. The van der Waals surface area contributed by atoms with Gasteiger partial charge in [-0.25, -0.2) is 0 Å². The Labute approximate surface area is 328 Å². The lowest BCUT2D eigenvalue weighted by Gasteiger charge is -2.33. The van der Waals surface area contributed by atoms with Gasteiger partial charge in [-0.05, 0) is 96.2 Å². The van der Waals surface area contributed by atoms with Gasteiger partial charge in [0.05, 0.1) is 11.7 Å². The van der Waals surface area contributed by atoms with E-state index in [0.717, 1.165) is 28.3 Å². The van der Waals surface area contributed by atoms with Crippen molar-refractivity contribution in [3.05, 3.63) is 216 Å². The molecule has 0 bridgehead atoms. The van der Waals surface area contributed by atoms with Gasteiger partial charge in [-0.3, -0.25) is 5.32 Å². The predicted octanol–water partition coefficient (Wildman–Crippen LogP) is 12.8. The second-order valence-electron chi connectivity index (χ2n) is 15.8. The summed E-state index contributed by atoms with van der Waals surface area (Å²) in [5.41, 5.74) is 17.2. The Bertz CT molecular complexity index is 2850. The van der Waals surface area contributed by atoms with E-state index in [1.165, 1.54) is 72.0 Å². The van der Waals surface area contributed by atoms with Gasteiger partial charge in [-0.2, -0.15) is 0 Å². The molecular weight excluding hydrogens is 681 g/mol. The largest absolute Gasteiger partial charge is 0.457 e. The number of nitrogens with one attached hydrogen (secondary N) is 2. The van der Waals surface area contributed by atoms with Crippen molar-refractivity contribution in [3.63, 3.8) is 0 Å². The maximum Gasteiger partial charge on any atom is 0.149 e. The highest BCUT2D eigenvalue weighted by molar-refractivity contribution is 6.05. The molecule has 0 amide bonds. The first-order valence-corrected chi connectivity index (χ1v) is 19.6. The number of ether oxygens (including phenoxy) is 1. The van der Waals surface area contributed by atoms with Crippen molar-refractivity contribution in [1.82, 2.24) is 10.6 Å². The Morgan fingerprint density at radius 1 is 0.518 bits per heavy atom. The van der Waals surface area contributed by atoms with E-state index in [4.69, 9.17) is 4.74 Å². The SMILES string of the molecule is CC1(C)c2cc(-c3ccc(-c4cccc(C5NC(c6ccccc6)=C6Oc7ccccc7C6N5)c4)cc3)ccc2-c2c(-c3ccccc3)cc3ccccc3c21. The molecule has 0 saturated carbocycles. The summed E-state index contributed by atoms with van der Waals surface area (Å²) in [5, 5.41) is 10.3. The number of benzene rings is 8. The Hall–Kier alpha value is -6.68. The van der Waals surface area contributed by atoms with Crippen LogP contribution in [0.2, 0.25) is 0 Å². The Morgan fingerprint density at radius 2 is 1.16 bits per heavy atom. The average Bonchev–Trinajstić information content (AvgIpc) is 3.75. The molecule has 0 aromatic heterocycles. The Morgan fingerprint density at radius 3 is 1.95 bits per heavy atom. The molecule has 8 aromatic carbocycles. The first-order valence-electron chi connectivity index (χ1n) is 19.6. The summed E-state index contributed by atoms with van der Waals surface area (Å²) in [5.74, 6) is 1.83. The first kappa shape index (κ1) is 32.7. The molecule has 3 aliphatic rings. The molecule has 2 heterocycles. The molecule has 0 radical (unpaired) electrons. The zero-order valence-electron chi connectivity index (χ0n) is 31.4. The predicted molar refractivity (Wildman–Crippen MR) is 230 cm³/mol. The summed E-state index contributed by atoms with van der Waals surface area (Å²) >= 11 is 0. The van der Waals surface area contributed by atoms with Crippen LogP contribution in [0.3, 0.4) is 0 Å². The molecule has 0 fully saturated rings. The summed E-state index contributed by atoms with van der Waals surface area (Å²) in [6.07, 6.45) is -0.105. The standard InChI is InChI=1S/C53H40N2O/c1-53(2)45-32-38(28-29-42(45)47-44(35-14-5-3-6-15-35)31-39-18-9-10-21-41(39)48(47)53)34-26-24-33(25-27-34)37-19-13-20-40(30-37)52-54-49(36-16-7-4-8-17-36)51-50(55-52)43-22-11-12-23-46(43)56-51/h3-32,50,52,54-55H,1-2H3. The monoisotopic (exact) mass is 720 g/mol. The molecule has 0 saturated heterocycles. The van der Waals surface area contributed by atoms with Crippen molar-refractivity contribution in [2.75, 3.05) is 0 Å². The van der Waals surface area contributed by atoms with Crippen molar-refractivity contribution < 1.29 is 4.74 Å². The van der Waals surface area contributed by atoms with Gasteiger partial charge >= 0.3 is 0 Å². The summed E-state index contributed by atoms with van der Waals surface area (Å²) in [7, 11) is 0. The molecule has 11 rings (SSSR count). The van der Waals surface area contributed by atoms with E-state index in [-0.39, 0.29) is 17.6 Å². The summed E-state index contributed by atoms with van der Waals surface area (Å²) in [4.78, 5) is 0. The van der Waals surface area contributed by atoms with Crippen LogP contribution in [0.15, 0.2) is 188 Å². The van der Waals surface area contributed by atoms with Crippen molar-refractivity contribution in [2.24, 2.45) is 0 Å². The number of para-hydroxylation sites is 1. The molecule has 2 aliphatic heterocycles. The van der Waals surface area contributed by atoms with Crippen LogP contribution in [0, 0.1) is 0 Å². The molecular formula is C53H40N2O. The lowest BCUT2D eigenvalue weighted by molar-refractivity contribution is 0.348. The molecule has 3 heteroatoms. The van der Waals surface area contributed by atoms with Crippen LogP contribution >= 0.6 is 0 Å². The van der Waals surface area contributed by atoms with E-state index in [2.05, 4.69) is 200 Å². The fourth-order valence-electron chi connectivity index (χ4n) is 9.39. The second kappa shape index (κ2) is 12.7. The third-order valence-corrected chi connectivity index (χ3v) is 12.1. The fourth-order valence-corrected chi connectivity index (χ4v) is 9.39. The molecule has 8 aromatic rings. The van der Waals surface area contributed by atoms with Gasteiger partial charge in [0.1, 0.15) is 17.7 Å². The number of fused-ring (bicyclic) bond motifs is 8. The second-order valence-corrected chi connectivity index (χ2v) is 15.8. The summed E-state index contributed by atoms with van der Waals surface area (Å²) < 4.78 is 6.45. The molecule has 2 atom stereocenters. The van der Waals surface area contributed by atoms with Crippen LogP contribution in [-0.2, 0) is 5.41 Å². The van der Waals surface area contributed by atoms with Gasteiger partial charge in [0.15, 0.2) is 0 Å². The van der Waals surface area contributed by atoms with Crippen LogP contribution in [0.25, 0.3) is 61.0 Å². The summed E-state index contributed by atoms with van der Waals surface area (Å²) in [6.45, 7) is 4.79. The topological polar surface area (TPSA) is 33.3 Å². The molecule has 3 nitrogen and oxygen atoms in total. The maximum atomic E-state index is 6.45. The van der Waals surface area contributed by atoms with Gasteiger partial charge in [-0.1, -0.05) is 172 Å². The van der Waals surface area contributed by atoms with Gasteiger partial charge in [-0.15, -0.1) is 0 Å². The number of hydrogen-bond donors (Lipinski definition) is 2. The smallest absolute Gasteiger partial charge is 0.149 e. The Kier molecular flexibility index (Phi) is 7.42. The highest BCUT2D eigenvalue weighted by Crippen LogP contribution is 2.55. The lowest BCUT2D eigenvalue weighted by Crippen LogP contribution is -2.41. The number of rotatable bonds is 5. The summed E-state index contributed by atoms with van der Waals surface area (Å²) in [6, 6.07) is 66.0. The normalized spacial score (nSPS) is 17.4. The van der Waals surface area contributed by atoms with Gasteiger partial charge < -0.3 is 10.1 Å². The van der Waals surface area contributed by atoms with E-state index >= 15 is 0 Å². The highest BCUT2D eigenvalue weighted by Gasteiger charge is 2.40. The average molecular weight is 721 g/mol. The van der Waals surface area contributed by atoms with Crippen LogP contribution in [0.5, 0.6) is 5.75 Å². The fraction of sp³-hybridized carbons (Fsp3) is 0.0943. The van der Waals surface area contributed by atoms with E-state index in [0.29, 0.717) is 0 Å². The maximum absolute atomic E-state index is 6.45. The molecule has 0 spiro atoms. The zero-order valence-corrected chi connectivity index (χ0v) is 31.4.